The van der Waals surface area contributed by atoms with Gasteiger partial charge in [-0.15, -0.1) is 0 Å². The molecule has 0 aliphatic rings. The van der Waals surface area contributed by atoms with E-state index in [2.05, 4.69) is 0 Å². The number of hydrogen-bond donors (Lipinski definition) is 0. The molecule has 0 fully saturated rings. The Hall–Kier alpha value is -2.55. The van der Waals surface area contributed by atoms with E-state index in [0.717, 1.165) is 33.5 Å². The van der Waals surface area contributed by atoms with Crippen molar-refractivity contribution in [1.82, 2.24) is 0 Å². The lowest BCUT2D eigenvalue weighted by Gasteiger charge is -2.11. The molecule has 0 aromatic heterocycles. The van der Waals surface area contributed by atoms with Crippen LogP contribution in [0.1, 0.15) is 22.3 Å². The van der Waals surface area contributed by atoms with Crippen molar-refractivity contribution in [2.24, 2.45) is 4.99 Å². The van der Waals surface area contributed by atoms with Gasteiger partial charge >= 0.3 is 0 Å². The van der Waals surface area contributed by atoms with Crippen LogP contribution in [0.15, 0.2) is 108 Å². The highest BCUT2D eigenvalue weighted by molar-refractivity contribution is 6.42. The van der Waals surface area contributed by atoms with E-state index in [1.807, 2.05) is 91.1 Å². The molecule has 0 N–H and O–H groups in total. The van der Waals surface area contributed by atoms with Gasteiger partial charge in [-0.3, -0.25) is 4.99 Å². The molecule has 0 atom stereocenters. The third-order valence-electron chi connectivity index (χ3n) is 4.88. The van der Waals surface area contributed by atoms with Crippen LogP contribution in [0.4, 0.5) is 0 Å². The average Bonchev–Trinajstić information content (AvgIpc) is 2.82. The molecule has 0 spiro atoms. The Morgan fingerprint density at radius 1 is 0.500 bits per heavy atom. The Kier molecular flexibility index (Phi) is 7.34. The number of benzene rings is 4. The zero-order valence-electron chi connectivity index (χ0n) is 16.8. The van der Waals surface area contributed by atoms with Gasteiger partial charge in [0.05, 0.1) is 25.8 Å². The topological polar surface area (TPSA) is 12.4 Å². The second-order valence-electron chi connectivity index (χ2n) is 7.01. The van der Waals surface area contributed by atoms with Crippen LogP contribution in [0.5, 0.6) is 0 Å². The lowest BCUT2D eigenvalue weighted by molar-refractivity contribution is 1.46. The van der Waals surface area contributed by atoms with Gasteiger partial charge in [-0.05, 0) is 35.4 Å². The molecule has 4 rings (SSSR count). The molecule has 1 nitrogen and oxygen atoms in total. The lowest BCUT2D eigenvalue weighted by Crippen LogP contribution is -2.03. The highest BCUT2D eigenvalue weighted by Gasteiger charge is 2.11. The fraction of sp³-hybridized carbons (Fsp3) is 0. The standard InChI is InChI=1S/C27H17Cl4N/c28-23-13-11-20(15-25(23)30)22(18-7-3-1-4-8-18)17-32-27(19-9-5-2-6-10-19)21-12-14-24(29)26(31)16-21/h1-17H. The summed E-state index contributed by atoms with van der Waals surface area (Å²) < 4.78 is 0. The third-order valence-corrected chi connectivity index (χ3v) is 6.36. The Morgan fingerprint density at radius 2 is 1.00 bits per heavy atom. The first-order valence-corrected chi connectivity index (χ1v) is 11.3. The van der Waals surface area contributed by atoms with Gasteiger partial charge in [0.2, 0.25) is 0 Å². The minimum atomic E-state index is 0.476. The summed E-state index contributed by atoms with van der Waals surface area (Å²) in [6, 6.07) is 31.0. The maximum Gasteiger partial charge on any atom is 0.0775 e. The summed E-state index contributed by atoms with van der Waals surface area (Å²) >= 11 is 24.9. The van der Waals surface area contributed by atoms with Crippen molar-refractivity contribution >= 4 is 57.7 Å². The molecular formula is C27H17Cl4N. The van der Waals surface area contributed by atoms with Crippen molar-refractivity contribution in [2.45, 2.75) is 0 Å². The monoisotopic (exact) mass is 495 g/mol. The summed E-state index contributed by atoms with van der Waals surface area (Å²) in [7, 11) is 0. The van der Waals surface area contributed by atoms with Crippen molar-refractivity contribution in [3.05, 3.63) is 146 Å². The largest absolute Gasteiger partial charge is 0.255 e. The second-order valence-corrected chi connectivity index (χ2v) is 8.64. The zero-order chi connectivity index (χ0) is 22.5. The van der Waals surface area contributed by atoms with Crippen LogP contribution in [-0.2, 0) is 0 Å². The summed E-state index contributed by atoms with van der Waals surface area (Å²) in [4.78, 5) is 4.92. The molecule has 0 bridgehead atoms. The molecule has 5 heteroatoms. The minimum Gasteiger partial charge on any atom is -0.255 e. The van der Waals surface area contributed by atoms with E-state index in [1.165, 1.54) is 0 Å². The molecule has 0 amide bonds. The molecule has 0 radical (unpaired) electrons. The summed E-state index contributed by atoms with van der Waals surface area (Å²) in [5, 5.41) is 1.97. The molecular weight excluding hydrogens is 480 g/mol. The van der Waals surface area contributed by atoms with Crippen molar-refractivity contribution in [3.8, 4) is 0 Å². The summed E-state index contributed by atoms with van der Waals surface area (Å²) in [6.45, 7) is 0. The Balaban J connectivity index is 1.91. The molecule has 0 heterocycles. The van der Waals surface area contributed by atoms with Crippen LogP contribution >= 0.6 is 46.4 Å². The number of halogens is 4. The van der Waals surface area contributed by atoms with Gasteiger partial charge in [0.15, 0.2) is 0 Å². The molecule has 0 saturated heterocycles. The van der Waals surface area contributed by atoms with E-state index < -0.39 is 0 Å². The van der Waals surface area contributed by atoms with Gasteiger partial charge in [0.1, 0.15) is 0 Å². The normalized spacial score (nSPS) is 12.1. The van der Waals surface area contributed by atoms with E-state index in [1.54, 1.807) is 12.1 Å². The van der Waals surface area contributed by atoms with E-state index >= 15 is 0 Å². The smallest absolute Gasteiger partial charge is 0.0775 e. The first kappa shape index (κ1) is 22.6. The van der Waals surface area contributed by atoms with Crippen molar-refractivity contribution < 1.29 is 0 Å². The van der Waals surface area contributed by atoms with Crippen molar-refractivity contribution in [3.63, 3.8) is 0 Å². The van der Waals surface area contributed by atoms with Gasteiger partial charge in [0.25, 0.3) is 0 Å². The predicted octanol–water partition coefficient (Wildman–Crippen LogP) is 9.23. The first-order valence-electron chi connectivity index (χ1n) is 9.82. The molecule has 0 aliphatic heterocycles. The average molecular weight is 497 g/mol. The molecule has 4 aromatic rings. The number of nitrogens with zero attached hydrogens (tertiary/aromatic N) is 1. The number of hydrogen-bond acceptors (Lipinski definition) is 1. The van der Waals surface area contributed by atoms with Gasteiger partial charge in [-0.2, -0.15) is 0 Å². The Labute approximate surface area is 207 Å². The van der Waals surface area contributed by atoms with Gasteiger partial charge in [-0.1, -0.05) is 119 Å². The maximum absolute atomic E-state index is 6.31. The van der Waals surface area contributed by atoms with Gasteiger partial charge in [0, 0.05) is 22.9 Å². The highest BCUT2D eigenvalue weighted by Crippen LogP contribution is 2.30. The zero-order valence-corrected chi connectivity index (χ0v) is 19.8. The van der Waals surface area contributed by atoms with Crippen molar-refractivity contribution in [2.75, 3.05) is 0 Å². The van der Waals surface area contributed by atoms with Gasteiger partial charge < -0.3 is 0 Å². The lowest BCUT2D eigenvalue weighted by atomic mass is 9.98. The Morgan fingerprint density at radius 3 is 1.56 bits per heavy atom. The summed E-state index contributed by atoms with van der Waals surface area (Å²) in [5.41, 5.74) is 5.44. The second kappa shape index (κ2) is 10.4. The SMILES string of the molecule is Clc1ccc(C(=CN=C(c2ccccc2)c2ccc(Cl)c(Cl)c2)c2ccccc2)cc1Cl. The maximum atomic E-state index is 6.31. The van der Waals surface area contributed by atoms with E-state index in [9.17, 15) is 0 Å². The van der Waals surface area contributed by atoms with E-state index in [-0.39, 0.29) is 0 Å². The Bertz CT molecular complexity index is 1190. The number of aliphatic imine (C=N–C) groups is 1. The summed E-state index contributed by atoms with van der Waals surface area (Å²) in [6.07, 6.45) is 1.85. The number of rotatable bonds is 5. The molecule has 0 saturated carbocycles. The minimum absolute atomic E-state index is 0.476. The van der Waals surface area contributed by atoms with Crippen molar-refractivity contribution in [1.29, 1.82) is 0 Å². The van der Waals surface area contributed by atoms with Gasteiger partial charge in [-0.25, -0.2) is 0 Å². The van der Waals surface area contributed by atoms with Crippen LogP contribution in [0.2, 0.25) is 20.1 Å². The highest BCUT2D eigenvalue weighted by atomic mass is 35.5. The van der Waals surface area contributed by atoms with E-state index in [0.29, 0.717) is 20.1 Å². The molecule has 158 valence electrons. The van der Waals surface area contributed by atoms with Crippen LogP contribution in [0.3, 0.4) is 0 Å². The van der Waals surface area contributed by atoms with Crippen LogP contribution < -0.4 is 0 Å². The molecule has 32 heavy (non-hydrogen) atoms. The van der Waals surface area contributed by atoms with Crippen LogP contribution in [-0.4, -0.2) is 5.71 Å². The van der Waals surface area contributed by atoms with E-state index in [4.69, 9.17) is 51.4 Å². The molecule has 0 aliphatic carbocycles. The van der Waals surface area contributed by atoms with Crippen LogP contribution in [0, 0.1) is 0 Å². The quantitative estimate of drug-likeness (QED) is 0.244. The van der Waals surface area contributed by atoms with Crippen LogP contribution in [0.25, 0.3) is 5.57 Å². The first-order chi connectivity index (χ1) is 15.5. The molecule has 0 unspecified atom stereocenters. The fourth-order valence-electron chi connectivity index (χ4n) is 3.28. The third kappa shape index (κ3) is 5.26. The fourth-order valence-corrected chi connectivity index (χ4v) is 3.88. The predicted molar refractivity (Wildman–Crippen MR) is 139 cm³/mol. The molecule has 4 aromatic carbocycles. The summed E-state index contributed by atoms with van der Waals surface area (Å²) in [5.74, 6) is 0.